The van der Waals surface area contributed by atoms with E-state index in [4.69, 9.17) is 10.2 Å². The van der Waals surface area contributed by atoms with Crippen LogP contribution in [0.25, 0.3) is 0 Å². The second-order valence-corrected chi connectivity index (χ2v) is 9.72. The van der Waals surface area contributed by atoms with Crippen LogP contribution in [-0.2, 0) is 9.59 Å². The fourth-order valence-corrected chi connectivity index (χ4v) is 4.67. The van der Waals surface area contributed by atoms with Gasteiger partial charge in [0.25, 0.3) is 0 Å². The molecule has 0 amide bonds. The van der Waals surface area contributed by atoms with E-state index in [1.54, 1.807) is 0 Å². The summed E-state index contributed by atoms with van der Waals surface area (Å²) in [5, 5.41) is 27.7. The van der Waals surface area contributed by atoms with Crippen LogP contribution < -0.4 is 0 Å². The Morgan fingerprint density at radius 3 is 1.81 bits per heavy atom. The maximum Gasteiger partial charge on any atom is 0.303 e. The first-order valence-corrected chi connectivity index (χ1v) is 13.4. The molecule has 0 saturated carbocycles. The third kappa shape index (κ3) is 22.0. The molecule has 0 bridgehead atoms. The Hall–Kier alpha value is -1.01. The van der Waals surface area contributed by atoms with E-state index < -0.39 is 18.0 Å². The number of aliphatic hydroxyl groups excluding tert-OH is 1. The van der Waals surface area contributed by atoms with Crippen molar-refractivity contribution in [3.8, 4) is 0 Å². The van der Waals surface area contributed by atoms with E-state index in [2.05, 4.69) is 13.0 Å². The molecule has 31 heavy (non-hydrogen) atoms. The fourth-order valence-electron chi connectivity index (χ4n) is 3.51. The lowest BCUT2D eigenvalue weighted by atomic mass is 10.0. The van der Waals surface area contributed by atoms with Crippen molar-refractivity contribution in [3.05, 3.63) is 12.2 Å². The number of carboxylic acid groups (broad SMARTS) is 2. The lowest BCUT2D eigenvalue weighted by molar-refractivity contribution is -0.138. The van der Waals surface area contributed by atoms with Crippen LogP contribution in [0.4, 0.5) is 0 Å². The zero-order valence-corrected chi connectivity index (χ0v) is 20.4. The molecule has 2 atom stereocenters. The van der Waals surface area contributed by atoms with Crippen LogP contribution in [0.1, 0.15) is 116 Å². The van der Waals surface area contributed by atoms with Crippen LogP contribution in [0.3, 0.4) is 0 Å². The Balaban J connectivity index is 3.90. The molecule has 0 aromatic heterocycles. The van der Waals surface area contributed by atoms with Gasteiger partial charge in [0.15, 0.2) is 0 Å². The van der Waals surface area contributed by atoms with Gasteiger partial charge in [-0.3, -0.25) is 9.59 Å². The van der Waals surface area contributed by atoms with Gasteiger partial charge in [0, 0.05) is 18.1 Å². The molecule has 0 aliphatic carbocycles. The van der Waals surface area contributed by atoms with E-state index in [1.807, 2.05) is 6.08 Å². The molecule has 2 unspecified atom stereocenters. The summed E-state index contributed by atoms with van der Waals surface area (Å²) in [5.41, 5.74) is 0. The quantitative estimate of drug-likeness (QED) is 0.115. The zero-order chi connectivity index (χ0) is 23.2. The molecule has 6 heteroatoms. The molecule has 0 radical (unpaired) electrons. The summed E-state index contributed by atoms with van der Waals surface area (Å²) in [4.78, 5) is 21.4. The number of hydrogen-bond donors (Lipinski definition) is 3. The van der Waals surface area contributed by atoms with Gasteiger partial charge in [-0.2, -0.15) is 11.8 Å². The zero-order valence-electron chi connectivity index (χ0n) is 19.6. The molecule has 182 valence electrons. The number of allylic oxidation sites excluding steroid dienone is 1. The lowest BCUT2D eigenvalue weighted by Gasteiger charge is -2.19. The predicted octanol–water partition coefficient (Wildman–Crippen LogP) is 6.83. The van der Waals surface area contributed by atoms with Crippen LogP contribution >= 0.6 is 11.8 Å². The third-order valence-corrected chi connectivity index (χ3v) is 6.81. The van der Waals surface area contributed by atoms with E-state index in [-0.39, 0.29) is 24.5 Å². The highest BCUT2D eigenvalue weighted by atomic mass is 32.2. The van der Waals surface area contributed by atoms with Crippen molar-refractivity contribution in [2.45, 2.75) is 127 Å². The number of aliphatic carboxylic acids is 2. The second kappa shape index (κ2) is 22.2. The van der Waals surface area contributed by atoms with Crippen molar-refractivity contribution < 1.29 is 24.9 Å². The van der Waals surface area contributed by atoms with Crippen LogP contribution in [0.5, 0.6) is 0 Å². The highest BCUT2D eigenvalue weighted by molar-refractivity contribution is 8.00. The maximum absolute atomic E-state index is 10.8. The van der Waals surface area contributed by atoms with E-state index in [0.717, 1.165) is 12.8 Å². The first-order valence-electron chi connectivity index (χ1n) is 12.4. The standard InChI is InChI=1S/C25H46O5S/c1-2-3-4-5-6-7-8-9-10-11-12-13-14-15-17-23(22(26)19-20-25(29)30)31-21-16-18-24(27)28/h15,17,22-23,26H,2-14,16,18-21H2,1H3,(H,27,28)(H,29,30)/b17-15-. The second-order valence-electron chi connectivity index (χ2n) is 8.44. The molecule has 0 aliphatic heterocycles. The van der Waals surface area contributed by atoms with Gasteiger partial charge in [-0.25, -0.2) is 0 Å². The van der Waals surface area contributed by atoms with Crippen molar-refractivity contribution in [1.29, 1.82) is 0 Å². The average molecular weight is 459 g/mol. The molecular weight excluding hydrogens is 412 g/mol. The Morgan fingerprint density at radius 2 is 1.29 bits per heavy atom. The minimum Gasteiger partial charge on any atom is -0.481 e. The van der Waals surface area contributed by atoms with Gasteiger partial charge in [0.05, 0.1) is 6.10 Å². The summed E-state index contributed by atoms with van der Waals surface area (Å²) in [6.07, 6.45) is 21.0. The number of thioether (sulfide) groups is 1. The van der Waals surface area contributed by atoms with Crippen molar-refractivity contribution in [2.75, 3.05) is 5.75 Å². The normalized spacial score (nSPS) is 13.5. The Morgan fingerprint density at radius 1 is 0.774 bits per heavy atom. The fraction of sp³-hybridized carbons (Fsp3) is 0.840. The molecular formula is C25H46O5S. The van der Waals surface area contributed by atoms with Gasteiger partial charge in [-0.1, -0.05) is 89.7 Å². The van der Waals surface area contributed by atoms with Gasteiger partial charge >= 0.3 is 11.9 Å². The van der Waals surface area contributed by atoms with Gasteiger partial charge in [0.1, 0.15) is 0 Å². The molecule has 5 nitrogen and oxygen atoms in total. The maximum atomic E-state index is 10.8. The van der Waals surface area contributed by atoms with Crippen LogP contribution in [0, 0.1) is 0 Å². The van der Waals surface area contributed by atoms with E-state index in [1.165, 1.54) is 82.4 Å². The highest BCUT2D eigenvalue weighted by Gasteiger charge is 2.18. The molecule has 0 saturated heterocycles. The lowest BCUT2D eigenvalue weighted by Crippen LogP contribution is -2.22. The van der Waals surface area contributed by atoms with Crippen molar-refractivity contribution in [1.82, 2.24) is 0 Å². The molecule has 0 spiro atoms. The topological polar surface area (TPSA) is 94.8 Å². The van der Waals surface area contributed by atoms with Gasteiger partial charge in [-0.05, 0) is 31.4 Å². The van der Waals surface area contributed by atoms with Gasteiger partial charge in [-0.15, -0.1) is 0 Å². The van der Waals surface area contributed by atoms with Crippen LogP contribution in [0.2, 0.25) is 0 Å². The minimum atomic E-state index is -0.908. The molecule has 0 rings (SSSR count). The van der Waals surface area contributed by atoms with Crippen molar-refractivity contribution >= 4 is 23.7 Å². The molecule has 0 fully saturated rings. The summed E-state index contributed by atoms with van der Waals surface area (Å²) in [6.45, 7) is 2.25. The number of hydrogen-bond acceptors (Lipinski definition) is 4. The van der Waals surface area contributed by atoms with Gasteiger partial charge < -0.3 is 15.3 Å². The summed E-state index contributed by atoms with van der Waals surface area (Å²) >= 11 is 1.52. The summed E-state index contributed by atoms with van der Waals surface area (Å²) in [5.74, 6) is -1.08. The van der Waals surface area contributed by atoms with Crippen LogP contribution in [0.15, 0.2) is 12.2 Å². The summed E-state index contributed by atoms with van der Waals surface area (Å²) in [7, 11) is 0. The molecule has 0 aromatic carbocycles. The van der Waals surface area contributed by atoms with Gasteiger partial charge in [0.2, 0.25) is 0 Å². The Labute approximate surface area is 194 Å². The summed E-state index contributed by atoms with van der Waals surface area (Å²) < 4.78 is 0. The number of unbranched alkanes of at least 4 members (excludes halogenated alkanes) is 12. The molecule has 0 aliphatic rings. The largest absolute Gasteiger partial charge is 0.481 e. The SMILES string of the molecule is CCCCCCCCCCCCCC/C=C\C(SCCCC(=O)O)C(O)CCC(=O)O. The average Bonchev–Trinajstić information content (AvgIpc) is 2.73. The number of rotatable bonds is 23. The van der Waals surface area contributed by atoms with Crippen molar-refractivity contribution in [3.63, 3.8) is 0 Å². The molecule has 0 heterocycles. The predicted molar refractivity (Wildman–Crippen MR) is 131 cm³/mol. The van der Waals surface area contributed by atoms with Crippen LogP contribution in [-0.4, -0.2) is 44.4 Å². The van der Waals surface area contributed by atoms with E-state index in [0.29, 0.717) is 12.2 Å². The van der Waals surface area contributed by atoms with Crippen molar-refractivity contribution in [2.24, 2.45) is 0 Å². The monoisotopic (exact) mass is 458 g/mol. The van der Waals surface area contributed by atoms with E-state index in [9.17, 15) is 14.7 Å². The Bertz CT molecular complexity index is 467. The highest BCUT2D eigenvalue weighted by Crippen LogP contribution is 2.22. The molecule has 3 N–H and O–H groups in total. The van der Waals surface area contributed by atoms with E-state index >= 15 is 0 Å². The third-order valence-electron chi connectivity index (χ3n) is 5.43. The number of carboxylic acids is 2. The first-order chi connectivity index (χ1) is 15.0. The first kappa shape index (κ1) is 30.0. The number of aliphatic hydroxyl groups is 1. The Kier molecular flexibility index (Phi) is 21.5. The molecule has 0 aromatic rings. The minimum absolute atomic E-state index is 0.0556. The smallest absolute Gasteiger partial charge is 0.303 e. The summed E-state index contributed by atoms with van der Waals surface area (Å²) in [6, 6.07) is 0. The number of carbonyl (C=O) groups is 2.